The van der Waals surface area contributed by atoms with Gasteiger partial charge in [0.05, 0.1) is 17.5 Å². The second-order valence-corrected chi connectivity index (χ2v) is 6.57. The molecule has 21 heavy (non-hydrogen) atoms. The van der Waals surface area contributed by atoms with Gasteiger partial charge in [0.15, 0.2) is 9.84 Å². The van der Waals surface area contributed by atoms with Gasteiger partial charge >= 0.3 is 12.3 Å². The first-order valence-electron chi connectivity index (χ1n) is 5.89. The summed E-state index contributed by atoms with van der Waals surface area (Å²) in [7, 11) is -3.37. The molecule has 0 heterocycles. The Bertz CT molecular complexity index is 560. The lowest BCUT2D eigenvalue weighted by Gasteiger charge is -2.18. The van der Waals surface area contributed by atoms with Gasteiger partial charge in [-0.05, 0) is 17.7 Å². The lowest BCUT2D eigenvalue weighted by Crippen LogP contribution is -2.40. The normalized spacial score (nSPS) is 14.4. The van der Waals surface area contributed by atoms with Crippen molar-refractivity contribution in [3.05, 3.63) is 29.8 Å². The number of hydrogen-bond donors (Lipinski definition) is 2. The standard InChI is InChI=1S/C12H15F4NO3S/c1-21(19,20)9-4-2-8(3-5-9)10(18)6-17-7-12(15,16)11(13)14/h2-5,10-11,17-18H,6-7H2,1H3. The van der Waals surface area contributed by atoms with Gasteiger partial charge in [-0.2, -0.15) is 8.78 Å². The summed E-state index contributed by atoms with van der Waals surface area (Å²) >= 11 is 0. The van der Waals surface area contributed by atoms with Gasteiger partial charge < -0.3 is 10.4 Å². The number of halogens is 4. The molecule has 0 saturated heterocycles. The SMILES string of the molecule is CS(=O)(=O)c1ccc(C(O)CNCC(F)(F)C(F)F)cc1. The van der Waals surface area contributed by atoms with Crippen LogP contribution in [0.25, 0.3) is 0 Å². The lowest BCUT2D eigenvalue weighted by molar-refractivity contribution is -0.125. The van der Waals surface area contributed by atoms with Crippen LogP contribution in [0.1, 0.15) is 11.7 Å². The summed E-state index contributed by atoms with van der Waals surface area (Å²) < 4.78 is 71.5. The molecule has 9 heteroatoms. The van der Waals surface area contributed by atoms with Crippen molar-refractivity contribution < 1.29 is 31.1 Å². The molecule has 0 fully saturated rings. The Hall–Kier alpha value is -1.19. The molecule has 1 aromatic rings. The Morgan fingerprint density at radius 2 is 1.76 bits per heavy atom. The van der Waals surface area contributed by atoms with Crippen LogP contribution in [0.2, 0.25) is 0 Å². The number of nitrogens with one attached hydrogen (secondary N) is 1. The van der Waals surface area contributed by atoms with E-state index in [4.69, 9.17) is 0 Å². The highest BCUT2D eigenvalue weighted by molar-refractivity contribution is 7.90. The minimum atomic E-state index is -4.17. The summed E-state index contributed by atoms with van der Waals surface area (Å²) in [6.07, 6.45) is -3.98. The molecule has 0 spiro atoms. The molecule has 0 saturated carbocycles. The van der Waals surface area contributed by atoms with Gasteiger partial charge in [0.1, 0.15) is 0 Å². The fraction of sp³-hybridized carbons (Fsp3) is 0.500. The summed E-state index contributed by atoms with van der Waals surface area (Å²) in [4.78, 5) is 0.0515. The van der Waals surface area contributed by atoms with Gasteiger partial charge in [0.25, 0.3) is 0 Å². The minimum Gasteiger partial charge on any atom is -0.387 e. The highest BCUT2D eigenvalue weighted by atomic mass is 32.2. The predicted molar refractivity (Wildman–Crippen MR) is 68.3 cm³/mol. The van der Waals surface area contributed by atoms with Crippen LogP contribution in [0, 0.1) is 0 Å². The maximum absolute atomic E-state index is 12.6. The van der Waals surface area contributed by atoms with Crippen LogP contribution in [-0.4, -0.2) is 45.2 Å². The van der Waals surface area contributed by atoms with E-state index in [9.17, 15) is 31.1 Å². The van der Waals surface area contributed by atoms with Gasteiger partial charge in [-0.25, -0.2) is 17.2 Å². The summed E-state index contributed by atoms with van der Waals surface area (Å²) in [5.41, 5.74) is 0.287. The van der Waals surface area contributed by atoms with Crippen molar-refractivity contribution in [1.29, 1.82) is 0 Å². The van der Waals surface area contributed by atoms with E-state index in [1.807, 2.05) is 0 Å². The van der Waals surface area contributed by atoms with Crippen molar-refractivity contribution in [2.75, 3.05) is 19.3 Å². The molecular weight excluding hydrogens is 314 g/mol. The van der Waals surface area contributed by atoms with Gasteiger partial charge in [0.2, 0.25) is 0 Å². The number of hydrogen-bond acceptors (Lipinski definition) is 4. The zero-order valence-corrected chi connectivity index (χ0v) is 11.9. The minimum absolute atomic E-state index is 0.0515. The zero-order chi connectivity index (χ0) is 16.3. The molecular formula is C12H15F4NO3S. The molecule has 1 atom stereocenters. The Morgan fingerprint density at radius 3 is 2.19 bits per heavy atom. The van der Waals surface area contributed by atoms with Crippen molar-refractivity contribution in [3.63, 3.8) is 0 Å². The number of alkyl halides is 4. The first-order chi connectivity index (χ1) is 9.54. The molecule has 1 rings (SSSR count). The monoisotopic (exact) mass is 329 g/mol. The first kappa shape index (κ1) is 17.9. The van der Waals surface area contributed by atoms with E-state index in [1.54, 1.807) is 0 Å². The first-order valence-corrected chi connectivity index (χ1v) is 7.78. The van der Waals surface area contributed by atoms with Crippen LogP contribution in [0.4, 0.5) is 17.6 Å². The van der Waals surface area contributed by atoms with Crippen LogP contribution >= 0.6 is 0 Å². The molecule has 1 aromatic carbocycles. The van der Waals surface area contributed by atoms with E-state index < -0.39 is 34.8 Å². The highest BCUT2D eigenvalue weighted by Crippen LogP contribution is 2.22. The van der Waals surface area contributed by atoms with Crippen LogP contribution in [0.15, 0.2) is 29.2 Å². The topological polar surface area (TPSA) is 66.4 Å². The molecule has 1 unspecified atom stereocenters. The van der Waals surface area contributed by atoms with Gasteiger partial charge in [-0.15, -0.1) is 0 Å². The van der Waals surface area contributed by atoms with Crippen LogP contribution in [0.5, 0.6) is 0 Å². The number of aliphatic hydroxyl groups is 1. The summed E-state index contributed by atoms with van der Waals surface area (Å²) in [6, 6.07) is 5.19. The molecule has 0 bridgehead atoms. The fourth-order valence-electron chi connectivity index (χ4n) is 1.51. The average Bonchev–Trinajstić information content (AvgIpc) is 2.37. The molecule has 0 aliphatic carbocycles. The van der Waals surface area contributed by atoms with E-state index in [-0.39, 0.29) is 17.0 Å². The van der Waals surface area contributed by atoms with E-state index in [1.165, 1.54) is 24.3 Å². The predicted octanol–water partition coefficient (Wildman–Crippen LogP) is 1.61. The van der Waals surface area contributed by atoms with E-state index in [0.29, 0.717) is 0 Å². The van der Waals surface area contributed by atoms with Crippen molar-refractivity contribution in [1.82, 2.24) is 5.32 Å². The Labute approximate surface area is 119 Å². The van der Waals surface area contributed by atoms with Gasteiger partial charge in [-0.1, -0.05) is 12.1 Å². The third kappa shape index (κ3) is 5.25. The second kappa shape index (κ2) is 6.71. The Morgan fingerprint density at radius 1 is 1.24 bits per heavy atom. The third-order valence-corrected chi connectivity index (χ3v) is 3.84. The Balaban J connectivity index is 2.59. The number of aliphatic hydroxyl groups excluding tert-OH is 1. The maximum atomic E-state index is 12.6. The van der Waals surface area contributed by atoms with Gasteiger partial charge in [0, 0.05) is 12.8 Å². The number of benzene rings is 1. The Kier molecular flexibility index (Phi) is 5.71. The van der Waals surface area contributed by atoms with E-state index in [0.717, 1.165) is 6.26 Å². The second-order valence-electron chi connectivity index (χ2n) is 4.55. The average molecular weight is 329 g/mol. The lowest BCUT2D eigenvalue weighted by atomic mass is 10.1. The quantitative estimate of drug-likeness (QED) is 0.746. The molecule has 2 N–H and O–H groups in total. The van der Waals surface area contributed by atoms with Crippen molar-refractivity contribution >= 4 is 9.84 Å². The van der Waals surface area contributed by atoms with E-state index >= 15 is 0 Å². The maximum Gasteiger partial charge on any atom is 0.319 e. The number of sulfone groups is 1. The third-order valence-electron chi connectivity index (χ3n) is 2.71. The zero-order valence-electron chi connectivity index (χ0n) is 11.1. The number of rotatable bonds is 7. The van der Waals surface area contributed by atoms with Crippen LogP contribution in [-0.2, 0) is 9.84 Å². The summed E-state index contributed by atoms with van der Waals surface area (Å²) in [5, 5.41) is 11.8. The molecule has 0 aliphatic heterocycles. The van der Waals surface area contributed by atoms with Crippen molar-refractivity contribution in [2.45, 2.75) is 23.3 Å². The summed E-state index contributed by atoms with van der Waals surface area (Å²) in [6.45, 7) is -1.62. The van der Waals surface area contributed by atoms with Crippen molar-refractivity contribution in [3.8, 4) is 0 Å². The molecule has 0 amide bonds. The van der Waals surface area contributed by atoms with Crippen molar-refractivity contribution in [2.24, 2.45) is 0 Å². The fourth-order valence-corrected chi connectivity index (χ4v) is 2.14. The highest BCUT2D eigenvalue weighted by Gasteiger charge is 2.40. The molecule has 120 valence electrons. The molecule has 0 radical (unpaired) electrons. The van der Waals surface area contributed by atoms with Gasteiger partial charge in [-0.3, -0.25) is 0 Å². The summed E-state index contributed by atoms with van der Waals surface area (Å²) in [5.74, 6) is -4.17. The molecule has 4 nitrogen and oxygen atoms in total. The molecule has 0 aromatic heterocycles. The molecule has 0 aliphatic rings. The van der Waals surface area contributed by atoms with E-state index in [2.05, 4.69) is 5.32 Å². The largest absolute Gasteiger partial charge is 0.387 e. The van der Waals surface area contributed by atoms with Crippen LogP contribution < -0.4 is 5.32 Å². The smallest absolute Gasteiger partial charge is 0.319 e. The van der Waals surface area contributed by atoms with Crippen LogP contribution in [0.3, 0.4) is 0 Å².